The Balaban J connectivity index is 2.49. The average molecular weight is 245 g/mol. The highest BCUT2D eigenvalue weighted by atomic mass is 32.1. The lowest BCUT2D eigenvalue weighted by Gasteiger charge is -2.15. The lowest BCUT2D eigenvalue weighted by atomic mass is 9.94. The molecule has 1 nitrogen and oxygen atoms in total. The first-order valence-electron chi connectivity index (χ1n) is 6.13. The standard InChI is InChI=1S/C15H19NS/c1-10(2)13-8-12(14-6-5-7-17-14)9-16-15(13)11(3)4/h5-11H,1-4H3. The quantitative estimate of drug-likeness (QED) is 0.736. The first kappa shape index (κ1) is 12.3. The van der Waals surface area contributed by atoms with Gasteiger partial charge in [0.2, 0.25) is 0 Å². The van der Waals surface area contributed by atoms with Gasteiger partial charge in [-0.3, -0.25) is 4.98 Å². The number of rotatable bonds is 3. The summed E-state index contributed by atoms with van der Waals surface area (Å²) in [5, 5.41) is 2.11. The Bertz CT molecular complexity index is 484. The molecule has 0 saturated carbocycles. The zero-order chi connectivity index (χ0) is 12.4. The minimum Gasteiger partial charge on any atom is -0.260 e. The van der Waals surface area contributed by atoms with Crippen LogP contribution in [0.15, 0.2) is 29.8 Å². The predicted molar refractivity (Wildman–Crippen MR) is 75.7 cm³/mol. The maximum absolute atomic E-state index is 4.66. The van der Waals surface area contributed by atoms with Gasteiger partial charge in [0.05, 0.1) is 0 Å². The molecule has 0 fully saturated rings. The number of hydrogen-bond donors (Lipinski definition) is 0. The van der Waals surface area contributed by atoms with E-state index in [2.05, 4.69) is 56.3 Å². The lowest BCUT2D eigenvalue weighted by Crippen LogP contribution is -2.02. The van der Waals surface area contributed by atoms with E-state index < -0.39 is 0 Å². The topological polar surface area (TPSA) is 12.9 Å². The molecule has 0 bridgehead atoms. The van der Waals surface area contributed by atoms with Gasteiger partial charge < -0.3 is 0 Å². The average Bonchev–Trinajstić information content (AvgIpc) is 2.81. The summed E-state index contributed by atoms with van der Waals surface area (Å²) in [6.45, 7) is 8.89. The van der Waals surface area contributed by atoms with Crippen LogP contribution in [-0.4, -0.2) is 4.98 Å². The second-order valence-corrected chi connectivity index (χ2v) is 5.93. The fourth-order valence-electron chi connectivity index (χ4n) is 2.01. The van der Waals surface area contributed by atoms with Crippen LogP contribution in [0.4, 0.5) is 0 Å². The van der Waals surface area contributed by atoms with Crippen molar-refractivity contribution in [2.75, 3.05) is 0 Å². The summed E-state index contributed by atoms with van der Waals surface area (Å²) < 4.78 is 0. The fraction of sp³-hybridized carbons (Fsp3) is 0.400. The smallest absolute Gasteiger partial charge is 0.0464 e. The molecule has 90 valence electrons. The van der Waals surface area contributed by atoms with Crippen molar-refractivity contribution >= 4 is 11.3 Å². The Morgan fingerprint density at radius 3 is 2.41 bits per heavy atom. The Hall–Kier alpha value is -1.15. The second-order valence-electron chi connectivity index (χ2n) is 4.99. The molecule has 0 amide bonds. The van der Waals surface area contributed by atoms with Gasteiger partial charge in [0.25, 0.3) is 0 Å². The third kappa shape index (κ3) is 2.58. The van der Waals surface area contributed by atoms with Crippen LogP contribution in [0.2, 0.25) is 0 Å². The largest absolute Gasteiger partial charge is 0.260 e. The summed E-state index contributed by atoms with van der Waals surface area (Å²) in [5.41, 5.74) is 3.86. The van der Waals surface area contributed by atoms with Crippen LogP contribution in [-0.2, 0) is 0 Å². The van der Waals surface area contributed by atoms with Crippen molar-refractivity contribution in [3.63, 3.8) is 0 Å². The minimum atomic E-state index is 0.491. The molecule has 0 atom stereocenters. The van der Waals surface area contributed by atoms with Gasteiger partial charge in [-0.05, 0) is 34.9 Å². The third-order valence-electron chi connectivity index (χ3n) is 2.92. The molecule has 2 heteroatoms. The normalized spacial score (nSPS) is 11.4. The van der Waals surface area contributed by atoms with Crippen LogP contribution in [0.3, 0.4) is 0 Å². The van der Waals surface area contributed by atoms with E-state index in [1.54, 1.807) is 11.3 Å². The van der Waals surface area contributed by atoms with Gasteiger partial charge in [-0.25, -0.2) is 0 Å². The molecule has 0 radical (unpaired) electrons. The lowest BCUT2D eigenvalue weighted by molar-refractivity contribution is 0.758. The first-order chi connectivity index (χ1) is 8.09. The number of nitrogens with zero attached hydrogens (tertiary/aromatic N) is 1. The Labute approximate surface area is 108 Å². The van der Waals surface area contributed by atoms with E-state index in [1.807, 2.05) is 6.20 Å². The van der Waals surface area contributed by atoms with Crippen LogP contribution in [0.5, 0.6) is 0 Å². The van der Waals surface area contributed by atoms with E-state index >= 15 is 0 Å². The molecule has 0 unspecified atom stereocenters. The van der Waals surface area contributed by atoms with E-state index in [0.717, 1.165) is 0 Å². The van der Waals surface area contributed by atoms with Gasteiger partial charge in [0.15, 0.2) is 0 Å². The summed E-state index contributed by atoms with van der Waals surface area (Å²) in [5.74, 6) is 1.02. The molecule has 2 aromatic heterocycles. The molecule has 0 aliphatic heterocycles. The van der Waals surface area contributed by atoms with Crippen molar-refractivity contribution in [3.8, 4) is 10.4 Å². The molecular formula is C15H19NS. The highest BCUT2D eigenvalue weighted by Crippen LogP contribution is 2.30. The van der Waals surface area contributed by atoms with E-state index in [1.165, 1.54) is 21.7 Å². The van der Waals surface area contributed by atoms with E-state index in [9.17, 15) is 0 Å². The van der Waals surface area contributed by atoms with Crippen LogP contribution in [0.1, 0.15) is 50.8 Å². The van der Waals surface area contributed by atoms with E-state index in [-0.39, 0.29) is 0 Å². The van der Waals surface area contributed by atoms with Gasteiger partial charge in [0, 0.05) is 22.3 Å². The molecule has 0 saturated heterocycles. The van der Waals surface area contributed by atoms with E-state index in [4.69, 9.17) is 0 Å². The summed E-state index contributed by atoms with van der Waals surface area (Å²) >= 11 is 1.77. The van der Waals surface area contributed by atoms with Crippen LogP contribution >= 0.6 is 11.3 Å². The molecule has 0 aliphatic carbocycles. The molecule has 0 aromatic carbocycles. The van der Waals surface area contributed by atoms with Gasteiger partial charge in [-0.2, -0.15) is 0 Å². The van der Waals surface area contributed by atoms with Crippen molar-refractivity contribution in [2.45, 2.75) is 39.5 Å². The number of thiophene rings is 1. The fourth-order valence-corrected chi connectivity index (χ4v) is 2.72. The SMILES string of the molecule is CC(C)c1cc(-c2cccs2)cnc1C(C)C. The van der Waals surface area contributed by atoms with Crippen molar-refractivity contribution < 1.29 is 0 Å². The summed E-state index contributed by atoms with van der Waals surface area (Å²) in [7, 11) is 0. The number of aromatic nitrogens is 1. The molecule has 2 heterocycles. The van der Waals surface area contributed by atoms with Crippen LogP contribution < -0.4 is 0 Å². The Morgan fingerprint density at radius 1 is 1.12 bits per heavy atom. The predicted octanol–water partition coefficient (Wildman–Crippen LogP) is 5.06. The second kappa shape index (κ2) is 5.01. The molecular weight excluding hydrogens is 226 g/mol. The monoisotopic (exact) mass is 245 g/mol. The molecule has 0 spiro atoms. The molecule has 0 N–H and O–H groups in total. The Morgan fingerprint density at radius 2 is 1.88 bits per heavy atom. The van der Waals surface area contributed by atoms with Gasteiger partial charge in [0.1, 0.15) is 0 Å². The van der Waals surface area contributed by atoms with Gasteiger partial charge in [-0.1, -0.05) is 33.8 Å². The van der Waals surface area contributed by atoms with Crippen LogP contribution in [0.25, 0.3) is 10.4 Å². The highest BCUT2D eigenvalue weighted by molar-refractivity contribution is 7.13. The van der Waals surface area contributed by atoms with E-state index in [0.29, 0.717) is 11.8 Å². The zero-order valence-electron chi connectivity index (χ0n) is 10.9. The maximum atomic E-state index is 4.66. The van der Waals surface area contributed by atoms with Crippen molar-refractivity contribution in [1.82, 2.24) is 4.98 Å². The first-order valence-corrected chi connectivity index (χ1v) is 7.01. The molecule has 2 aromatic rings. The van der Waals surface area contributed by atoms with Gasteiger partial charge >= 0.3 is 0 Å². The van der Waals surface area contributed by atoms with Crippen molar-refractivity contribution in [3.05, 3.63) is 41.0 Å². The molecule has 0 aliphatic rings. The zero-order valence-corrected chi connectivity index (χ0v) is 11.7. The molecule has 2 rings (SSSR count). The van der Waals surface area contributed by atoms with Crippen molar-refractivity contribution in [2.24, 2.45) is 0 Å². The maximum Gasteiger partial charge on any atom is 0.0464 e. The summed E-state index contributed by atoms with van der Waals surface area (Å²) in [6.07, 6.45) is 2.01. The minimum absolute atomic E-state index is 0.491. The third-order valence-corrected chi connectivity index (χ3v) is 3.84. The van der Waals surface area contributed by atoms with Gasteiger partial charge in [-0.15, -0.1) is 11.3 Å². The Kier molecular flexibility index (Phi) is 3.63. The highest BCUT2D eigenvalue weighted by Gasteiger charge is 2.13. The number of pyridine rings is 1. The van der Waals surface area contributed by atoms with Crippen molar-refractivity contribution in [1.29, 1.82) is 0 Å². The summed E-state index contributed by atoms with van der Waals surface area (Å²) in [6, 6.07) is 6.55. The number of hydrogen-bond acceptors (Lipinski definition) is 2. The van der Waals surface area contributed by atoms with Crippen LogP contribution in [0, 0.1) is 0 Å². The molecule has 17 heavy (non-hydrogen) atoms. The summed E-state index contributed by atoms with van der Waals surface area (Å²) in [4.78, 5) is 5.96.